The molecule has 1 fully saturated rings. The Hall–Kier alpha value is -3.12. The van der Waals surface area contributed by atoms with E-state index < -0.39 is 24.9 Å². The molecule has 31 heavy (non-hydrogen) atoms. The van der Waals surface area contributed by atoms with E-state index in [-0.39, 0.29) is 48.5 Å². The molecule has 0 bridgehead atoms. The number of nitrogens with two attached hydrogens (primary N) is 1. The number of aromatic carboxylic acids is 1. The summed E-state index contributed by atoms with van der Waals surface area (Å²) < 4.78 is 11.1. The molecule has 2 aliphatic heterocycles. The Morgan fingerprint density at radius 1 is 1.16 bits per heavy atom. The van der Waals surface area contributed by atoms with Gasteiger partial charge in [0, 0.05) is 18.7 Å². The first-order chi connectivity index (χ1) is 14.6. The van der Waals surface area contributed by atoms with Crippen molar-refractivity contribution in [1.29, 1.82) is 0 Å². The second kappa shape index (κ2) is 7.86. The molecule has 0 spiro atoms. The fourth-order valence-electron chi connectivity index (χ4n) is 3.84. The molecule has 2 atom stereocenters. The summed E-state index contributed by atoms with van der Waals surface area (Å²) in [4.78, 5) is 25.6. The summed E-state index contributed by atoms with van der Waals surface area (Å²) in [5, 5.41) is 38.9. The van der Waals surface area contributed by atoms with Gasteiger partial charge in [0.15, 0.2) is 0 Å². The van der Waals surface area contributed by atoms with Crippen molar-refractivity contribution in [3.05, 3.63) is 59.2 Å². The largest absolute Gasteiger partial charge is 0.669 e. The van der Waals surface area contributed by atoms with Crippen LogP contribution in [0.15, 0.2) is 42.5 Å². The first-order valence-electron chi connectivity index (χ1n) is 9.79. The van der Waals surface area contributed by atoms with Gasteiger partial charge in [0.2, 0.25) is 5.91 Å². The number of hydrogen-bond acceptors (Lipinski definition) is 8. The average molecular weight is 429 g/mol. The fraction of sp³-hybridized carbons (Fsp3) is 0.300. The van der Waals surface area contributed by atoms with Crippen LogP contribution in [0.4, 0.5) is 0 Å². The number of aromatic hydroxyl groups is 1. The van der Waals surface area contributed by atoms with Gasteiger partial charge in [0.05, 0.1) is 23.5 Å². The summed E-state index contributed by atoms with van der Waals surface area (Å²) in [5.74, 6) is -1.60. The lowest BCUT2D eigenvalue weighted by Gasteiger charge is -2.46. The third kappa shape index (κ3) is 4.21. The number of para-hydroxylation sites is 1. The van der Waals surface area contributed by atoms with Crippen LogP contribution in [0.5, 0.6) is 11.5 Å². The molecule has 11 heteroatoms. The number of carboxylic acids is 1. The number of phenolic OH excluding ortho intramolecular Hbond substituents is 1. The standard InChI is InChI=1S/C20H22BN2O8/c22-17(11-4-6-12(24)7-5-11)19(25)23-9-13(10-23)30-16-8-21(28,29)31-18-14(16)2-1-3-15(18)20(26)27/h1-7,13,16-17,24,28-29H,8-10,22H2,(H,26,27)/q-1/t16?,17-/m1/s1. The van der Waals surface area contributed by atoms with Crippen LogP contribution in [0.25, 0.3) is 0 Å². The molecule has 2 aromatic carbocycles. The van der Waals surface area contributed by atoms with Crippen molar-refractivity contribution >= 4 is 18.6 Å². The predicted molar refractivity (Wildman–Crippen MR) is 108 cm³/mol. The van der Waals surface area contributed by atoms with Crippen molar-refractivity contribution in [2.24, 2.45) is 5.73 Å². The molecule has 6 N–H and O–H groups in total. The third-order valence-electron chi connectivity index (χ3n) is 5.49. The number of likely N-dealkylation sites (tertiary alicyclic amines) is 1. The Morgan fingerprint density at radius 2 is 1.84 bits per heavy atom. The molecule has 1 amide bonds. The monoisotopic (exact) mass is 429 g/mol. The van der Waals surface area contributed by atoms with Crippen LogP contribution in [0.3, 0.4) is 0 Å². The van der Waals surface area contributed by atoms with Crippen molar-refractivity contribution in [3.63, 3.8) is 0 Å². The highest BCUT2D eigenvalue weighted by atomic mass is 16.6. The predicted octanol–water partition coefficient (Wildman–Crippen LogP) is 0.375. The lowest BCUT2D eigenvalue weighted by molar-refractivity contribution is -0.151. The number of benzene rings is 2. The number of phenols is 1. The molecule has 0 radical (unpaired) electrons. The number of hydrogen-bond donors (Lipinski definition) is 5. The first kappa shape index (κ1) is 21.1. The molecule has 0 aromatic heterocycles. The quantitative estimate of drug-likeness (QED) is 0.423. The fourth-order valence-corrected chi connectivity index (χ4v) is 3.84. The van der Waals surface area contributed by atoms with E-state index in [9.17, 15) is 29.9 Å². The lowest BCUT2D eigenvalue weighted by Crippen LogP contribution is -2.58. The normalized spacial score (nSPS) is 20.9. The van der Waals surface area contributed by atoms with Gasteiger partial charge in [-0.15, -0.1) is 0 Å². The molecule has 0 saturated carbocycles. The van der Waals surface area contributed by atoms with Crippen LogP contribution < -0.4 is 10.4 Å². The van der Waals surface area contributed by atoms with E-state index in [0.717, 1.165) is 0 Å². The Morgan fingerprint density at radius 3 is 2.48 bits per heavy atom. The zero-order valence-corrected chi connectivity index (χ0v) is 16.4. The molecule has 164 valence electrons. The van der Waals surface area contributed by atoms with E-state index in [4.69, 9.17) is 15.1 Å². The summed E-state index contributed by atoms with van der Waals surface area (Å²) in [5.41, 5.74) is 6.81. The number of carboxylic acid groups (broad SMARTS) is 1. The van der Waals surface area contributed by atoms with Gasteiger partial charge in [0.25, 0.3) is 0 Å². The van der Waals surface area contributed by atoms with Crippen molar-refractivity contribution < 1.29 is 39.2 Å². The number of fused-ring (bicyclic) bond motifs is 1. The van der Waals surface area contributed by atoms with E-state index >= 15 is 0 Å². The highest BCUT2D eigenvalue weighted by molar-refractivity contribution is 6.59. The van der Waals surface area contributed by atoms with E-state index in [1.807, 2.05) is 0 Å². The van der Waals surface area contributed by atoms with Gasteiger partial charge in [-0.1, -0.05) is 30.6 Å². The third-order valence-corrected chi connectivity index (χ3v) is 5.49. The van der Waals surface area contributed by atoms with Crippen molar-refractivity contribution in [2.45, 2.75) is 24.6 Å². The second-order valence-corrected chi connectivity index (χ2v) is 7.80. The maximum atomic E-state index is 12.6. The average Bonchev–Trinajstić information content (AvgIpc) is 2.68. The van der Waals surface area contributed by atoms with E-state index in [0.29, 0.717) is 11.1 Å². The lowest BCUT2D eigenvalue weighted by atomic mass is 9.68. The van der Waals surface area contributed by atoms with Gasteiger partial charge in [-0.3, -0.25) is 4.79 Å². The minimum Gasteiger partial charge on any atom is -0.669 e. The molecule has 1 saturated heterocycles. The smallest absolute Gasteiger partial charge is 0.433 e. The summed E-state index contributed by atoms with van der Waals surface area (Å²) in [6.07, 6.45) is -1.44. The van der Waals surface area contributed by atoms with Crippen molar-refractivity contribution in [2.75, 3.05) is 13.1 Å². The van der Waals surface area contributed by atoms with Crippen LogP contribution in [-0.4, -0.2) is 63.0 Å². The molecule has 2 aromatic rings. The Labute approximate surface area is 177 Å². The van der Waals surface area contributed by atoms with Crippen LogP contribution in [-0.2, 0) is 9.53 Å². The van der Waals surface area contributed by atoms with E-state index in [1.165, 1.54) is 29.2 Å². The maximum absolute atomic E-state index is 12.6. The molecule has 10 nitrogen and oxygen atoms in total. The minimum absolute atomic E-state index is 0.0778. The zero-order chi connectivity index (χ0) is 22.3. The van der Waals surface area contributed by atoms with Crippen LogP contribution in [0.2, 0.25) is 6.32 Å². The molecule has 0 aliphatic carbocycles. The van der Waals surface area contributed by atoms with E-state index in [1.54, 1.807) is 18.2 Å². The zero-order valence-electron chi connectivity index (χ0n) is 16.4. The number of carbonyl (C=O) groups is 2. The highest BCUT2D eigenvalue weighted by Crippen LogP contribution is 2.42. The molecule has 2 aliphatic rings. The Kier molecular flexibility index (Phi) is 5.35. The van der Waals surface area contributed by atoms with Crippen molar-refractivity contribution in [1.82, 2.24) is 4.90 Å². The van der Waals surface area contributed by atoms with Gasteiger partial charge in [0.1, 0.15) is 11.8 Å². The van der Waals surface area contributed by atoms with Crippen LogP contribution in [0, 0.1) is 0 Å². The van der Waals surface area contributed by atoms with Crippen LogP contribution in [0.1, 0.15) is 33.6 Å². The second-order valence-electron chi connectivity index (χ2n) is 7.80. The number of amides is 1. The molecule has 4 rings (SSSR count). The summed E-state index contributed by atoms with van der Waals surface area (Å²) in [6, 6.07) is 9.64. The minimum atomic E-state index is -3.29. The SMILES string of the molecule is N[C@@H](C(=O)N1CC(OC2C[B-](O)(O)Oc3c(C(=O)O)cccc32)C1)c1ccc(O)cc1. The van der Waals surface area contributed by atoms with Gasteiger partial charge in [-0.25, -0.2) is 4.79 Å². The van der Waals surface area contributed by atoms with Gasteiger partial charge in [-0.2, -0.15) is 0 Å². The van der Waals surface area contributed by atoms with Crippen LogP contribution >= 0.6 is 0 Å². The Balaban J connectivity index is 1.43. The molecular weight excluding hydrogens is 407 g/mol. The topological polar surface area (TPSA) is 163 Å². The Bertz CT molecular complexity index is 1010. The van der Waals surface area contributed by atoms with Gasteiger partial charge < -0.3 is 40.3 Å². The highest BCUT2D eigenvalue weighted by Gasteiger charge is 2.41. The first-order valence-corrected chi connectivity index (χ1v) is 9.79. The summed E-state index contributed by atoms with van der Waals surface area (Å²) in [6.45, 7) is -2.77. The number of carbonyl (C=O) groups excluding carboxylic acids is 1. The number of ether oxygens (including phenoxy) is 1. The summed E-state index contributed by atoms with van der Waals surface area (Å²) >= 11 is 0. The number of rotatable bonds is 5. The van der Waals surface area contributed by atoms with Gasteiger partial charge >= 0.3 is 12.7 Å². The van der Waals surface area contributed by atoms with Gasteiger partial charge in [-0.05, 0) is 23.8 Å². The molecule has 1 unspecified atom stereocenters. The van der Waals surface area contributed by atoms with E-state index in [2.05, 4.69) is 0 Å². The maximum Gasteiger partial charge on any atom is 0.433 e. The molecular formula is C20H22BN2O8-. The molecule has 2 heterocycles. The number of nitrogens with zero attached hydrogens (tertiary/aromatic N) is 1. The van der Waals surface area contributed by atoms with Crippen molar-refractivity contribution in [3.8, 4) is 11.5 Å². The summed E-state index contributed by atoms with van der Waals surface area (Å²) in [7, 11) is 0.